The van der Waals surface area contributed by atoms with Gasteiger partial charge in [-0.05, 0) is 56.7 Å². The molecular formula is C23H37IN6O2. The monoisotopic (exact) mass is 556 g/mol. The van der Waals surface area contributed by atoms with E-state index in [0.717, 1.165) is 70.4 Å². The zero-order valence-electron chi connectivity index (χ0n) is 19.2. The fourth-order valence-corrected chi connectivity index (χ4v) is 4.56. The minimum Gasteiger partial charge on any atom is -0.368 e. The highest BCUT2D eigenvalue weighted by molar-refractivity contribution is 14.0. The Morgan fingerprint density at radius 3 is 2.56 bits per heavy atom. The van der Waals surface area contributed by atoms with Crippen LogP contribution in [0, 0.1) is 0 Å². The second kappa shape index (κ2) is 12.6. The zero-order chi connectivity index (χ0) is 21.5. The Kier molecular flexibility index (Phi) is 9.83. The third-order valence-electron chi connectivity index (χ3n) is 6.33. The molecule has 178 valence electrons. The third-order valence-corrected chi connectivity index (χ3v) is 6.33. The van der Waals surface area contributed by atoms with E-state index < -0.39 is 0 Å². The molecule has 0 spiro atoms. The van der Waals surface area contributed by atoms with Crippen molar-refractivity contribution in [2.75, 3.05) is 57.3 Å². The molecule has 4 rings (SSSR count). The van der Waals surface area contributed by atoms with Gasteiger partial charge in [0, 0.05) is 58.6 Å². The van der Waals surface area contributed by atoms with Gasteiger partial charge in [-0.15, -0.1) is 24.0 Å². The molecule has 9 heteroatoms. The molecule has 1 atom stereocenters. The first kappa shape index (κ1) is 25.0. The number of amides is 1. The molecule has 0 saturated carbocycles. The Hall–Kier alpha value is -1.62. The van der Waals surface area contributed by atoms with Crippen LogP contribution in [0.1, 0.15) is 44.6 Å². The third kappa shape index (κ3) is 6.46. The lowest BCUT2D eigenvalue weighted by molar-refractivity contribution is -0.142. The number of anilines is 1. The lowest BCUT2D eigenvalue weighted by Crippen LogP contribution is -2.55. The topological polar surface area (TPSA) is 73.3 Å². The summed E-state index contributed by atoms with van der Waals surface area (Å²) in [6.07, 6.45) is 7.33. The van der Waals surface area contributed by atoms with Crippen molar-refractivity contribution in [1.29, 1.82) is 0 Å². The van der Waals surface area contributed by atoms with Crippen molar-refractivity contribution in [3.05, 3.63) is 23.9 Å². The van der Waals surface area contributed by atoms with Crippen LogP contribution >= 0.6 is 24.0 Å². The predicted octanol–water partition coefficient (Wildman–Crippen LogP) is 2.48. The van der Waals surface area contributed by atoms with Crippen LogP contribution < -0.4 is 10.2 Å². The summed E-state index contributed by atoms with van der Waals surface area (Å²) in [6.45, 7) is 9.46. The molecule has 3 fully saturated rings. The van der Waals surface area contributed by atoms with Gasteiger partial charge in [-0.2, -0.15) is 0 Å². The SMILES string of the molecule is CCNC(=NCc1ccnc(N2CCCCC2)c1)N1CCN(C(=O)C2CCCO2)CC1.I. The number of guanidine groups is 1. The summed E-state index contributed by atoms with van der Waals surface area (Å²) in [5.41, 5.74) is 1.18. The Morgan fingerprint density at radius 2 is 1.88 bits per heavy atom. The van der Waals surface area contributed by atoms with Gasteiger partial charge in [0.2, 0.25) is 0 Å². The minimum atomic E-state index is -0.228. The molecule has 1 unspecified atom stereocenters. The van der Waals surface area contributed by atoms with Crippen LogP contribution in [0.3, 0.4) is 0 Å². The number of hydrogen-bond acceptors (Lipinski definition) is 5. The van der Waals surface area contributed by atoms with Crippen molar-refractivity contribution in [3.63, 3.8) is 0 Å². The number of ether oxygens (including phenoxy) is 1. The van der Waals surface area contributed by atoms with Crippen LogP contribution in [0.2, 0.25) is 0 Å². The van der Waals surface area contributed by atoms with Gasteiger partial charge in [0.05, 0.1) is 6.54 Å². The number of hydrogen-bond donors (Lipinski definition) is 1. The van der Waals surface area contributed by atoms with E-state index in [-0.39, 0.29) is 36.0 Å². The molecule has 3 aliphatic rings. The molecule has 1 aromatic rings. The number of nitrogens with one attached hydrogen (secondary N) is 1. The van der Waals surface area contributed by atoms with Crippen molar-refractivity contribution in [2.45, 2.75) is 51.7 Å². The molecule has 1 amide bonds. The van der Waals surface area contributed by atoms with Crippen LogP contribution in [0.25, 0.3) is 0 Å². The number of aliphatic imine (C=N–C) groups is 1. The molecular weight excluding hydrogens is 519 g/mol. The highest BCUT2D eigenvalue weighted by Crippen LogP contribution is 2.19. The van der Waals surface area contributed by atoms with Gasteiger partial charge >= 0.3 is 0 Å². The molecule has 4 heterocycles. The highest BCUT2D eigenvalue weighted by atomic mass is 127. The predicted molar refractivity (Wildman–Crippen MR) is 138 cm³/mol. The van der Waals surface area contributed by atoms with Gasteiger partial charge in [0.15, 0.2) is 5.96 Å². The van der Waals surface area contributed by atoms with Crippen LogP contribution in [0.15, 0.2) is 23.3 Å². The Morgan fingerprint density at radius 1 is 1.12 bits per heavy atom. The number of pyridine rings is 1. The van der Waals surface area contributed by atoms with Gasteiger partial charge < -0.3 is 24.8 Å². The van der Waals surface area contributed by atoms with Crippen LogP contribution in [0.5, 0.6) is 0 Å². The van der Waals surface area contributed by atoms with Crippen molar-refractivity contribution in [1.82, 2.24) is 20.1 Å². The van der Waals surface area contributed by atoms with Gasteiger partial charge in [-0.3, -0.25) is 4.79 Å². The second-order valence-electron chi connectivity index (χ2n) is 8.55. The van der Waals surface area contributed by atoms with E-state index in [1.807, 2.05) is 11.1 Å². The molecule has 0 aliphatic carbocycles. The molecule has 3 saturated heterocycles. The largest absolute Gasteiger partial charge is 0.368 e. The van der Waals surface area contributed by atoms with Gasteiger partial charge in [0.1, 0.15) is 11.9 Å². The molecule has 8 nitrogen and oxygen atoms in total. The van der Waals surface area contributed by atoms with Gasteiger partial charge in [-0.25, -0.2) is 9.98 Å². The van der Waals surface area contributed by atoms with E-state index >= 15 is 0 Å². The smallest absolute Gasteiger partial charge is 0.251 e. The summed E-state index contributed by atoms with van der Waals surface area (Å²) in [5.74, 6) is 2.14. The molecule has 1 N–H and O–H groups in total. The second-order valence-corrected chi connectivity index (χ2v) is 8.55. The van der Waals surface area contributed by atoms with Crippen LogP contribution in [-0.2, 0) is 16.1 Å². The lowest BCUT2D eigenvalue weighted by Gasteiger charge is -2.37. The Bertz CT molecular complexity index is 757. The average Bonchev–Trinajstić information content (AvgIpc) is 3.37. The fourth-order valence-electron chi connectivity index (χ4n) is 4.56. The van der Waals surface area contributed by atoms with Crippen LogP contribution in [0.4, 0.5) is 5.82 Å². The summed E-state index contributed by atoms with van der Waals surface area (Å²) in [5, 5.41) is 3.42. The maximum atomic E-state index is 12.6. The van der Waals surface area contributed by atoms with E-state index in [2.05, 4.69) is 39.2 Å². The number of halogens is 1. The Balaban J connectivity index is 0.00000289. The summed E-state index contributed by atoms with van der Waals surface area (Å²) in [6, 6.07) is 4.23. The first-order chi connectivity index (χ1) is 15.2. The van der Waals surface area contributed by atoms with Gasteiger partial charge in [-0.1, -0.05) is 0 Å². The molecule has 0 aromatic carbocycles. The van der Waals surface area contributed by atoms with Crippen molar-refractivity contribution >= 4 is 41.7 Å². The lowest BCUT2D eigenvalue weighted by atomic mass is 10.1. The maximum Gasteiger partial charge on any atom is 0.251 e. The van der Waals surface area contributed by atoms with Crippen molar-refractivity contribution < 1.29 is 9.53 Å². The summed E-state index contributed by atoms with van der Waals surface area (Å²) >= 11 is 0. The molecule has 3 aliphatic heterocycles. The highest BCUT2D eigenvalue weighted by Gasteiger charge is 2.30. The van der Waals surface area contributed by atoms with E-state index in [4.69, 9.17) is 9.73 Å². The van der Waals surface area contributed by atoms with Crippen molar-refractivity contribution in [2.24, 2.45) is 4.99 Å². The number of nitrogens with zero attached hydrogens (tertiary/aromatic N) is 5. The number of aromatic nitrogens is 1. The number of piperidine rings is 1. The molecule has 0 radical (unpaired) electrons. The quantitative estimate of drug-likeness (QED) is 0.342. The summed E-state index contributed by atoms with van der Waals surface area (Å²) in [7, 11) is 0. The van der Waals surface area contributed by atoms with E-state index in [9.17, 15) is 4.79 Å². The first-order valence-corrected chi connectivity index (χ1v) is 11.9. The van der Waals surface area contributed by atoms with Gasteiger partial charge in [0.25, 0.3) is 5.91 Å². The van der Waals surface area contributed by atoms with Crippen LogP contribution in [-0.4, -0.2) is 85.2 Å². The summed E-state index contributed by atoms with van der Waals surface area (Å²) < 4.78 is 5.57. The first-order valence-electron chi connectivity index (χ1n) is 11.9. The molecule has 32 heavy (non-hydrogen) atoms. The number of piperazine rings is 1. The number of rotatable bonds is 5. The van der Waals surface area contributed by atoms with Crippen molar-refractivity contribution in [3.8, 4) is 0 Å². The summed E-state index contributed by atoms with van der Waals surface area (Å²) in [4.78, 5) is 28.7. The normalized spacial score (nSPS) is 22.0. The van der Waals surface area contributed by atoms with E-state index in [0.29, 0.717) is 13.2 Å². The minimum absolute atomic E-state index is 0. The standard InChI is InChI=1S/C23H36N6O2.HI/c1-2-24-23(29-14-12-28(13-15-29)22(30)20-7-6-16-31-20)26-18-19-8-9-25-21(17-19)27-10-4-3-5-11-27;/h8-9,17,20H,2-7,10-16,18H2,1H3,(H,24,26);1H. The van der Waals surface area contributed by atoms with E-state index in [1.54, 1.807) is 0 Å². The maximum absolute atomic E-state index is 12.6. The number of carbonyl (C=O) groups excluding carboxylic acids is 1. The average molecular weight is 556 g/mol. The fraction of sp³-hybridized carbons (Fsp3) is 0.696. The molecule has 1 aromatic heterocycles. The Labute approximate surface area is 208 Å². The van der Waals surface area contributed by atoms with E-state index in [1.165, 1.54) is 24.8 Å². The molecule has 0 bridgehead atoms. The number of carbonyl (C=O) groups is 1. The zero-order valence-corrected chi connectivity index (χ0v) is 21.5.